The number of nitrogens with zero attached hydrogens (tertiary/aromatic N) is 2. The van der Waals surface area contributed by atoms with Gasteiger partial charge in [0.1, 0.15) is 4.93 Å². The number of rotatable bonds is 4. The highest BCUT2D eigenvalue weighted by atomic mass is 32.2. The number of thioether (sulfide) groups is 1. The first-order chi connectivity index (χ1) is 14.5. The molecule has 2 aliphatic heterocycles. The molecule has 166 valence electrons. The molecule has 0 amide bonds. The van der Waals surface area contributed by atoms with E-state index in [9.17, 15) is 0 Å². The van der Waals surface area contributed by atoms with Crippen LogP contribution in [0.3, 0.4) is 0 Å². The Labute approximate surface area is 182 Å². The minimum Gasteiger partial charge on any atom is -0.473 e. The molecule has 4 rings (SSSR count). The van der Waals surface area contributed by atoms with Crippen molar-refractivity contribution in [3.8, 4) is 0 Å². The SMILES string of the molecule is O=C(O)C(=O)O.c1ccc(CN2CCN(CC3CSC4(CCCCC4)O3)CC2)cc1. The molecule has 7 nitrogen and oxygen atoms in total. The van der Waals surface area contributed by atoms with Crippen molar-refractivity contribution in [1.29, 1.82) is 0 Å². The summed E-state index contributed by atoms with van der Waals surface area (Å²) in [6.07, 6.45) is 7.13. The molecule has 1 aliphatic carbocycles. The molecule has 2 saturated heterocycles. The average Bonchev–Trinajstić information content (AvgIpc) is 3.12. The maximum absolute atomic E-state index is 9.10. The highest BCUT2D eigenvalue weighted by Crippen LogP contribution is 2.46. The fourth-order valence-electron chi connectivity index (χ4n) is 4.32. The van der Waals surface area contributed by atoms with Crippen molar-refractivity contribution in [2.75, 3.05) is 38.5 Å². The van der Waals surface area contributed by atoms with Gasteiger partial charge in [-0.05, 0) is 31.2 Å². The molecule has 1 atom stereocenters. The second kappa shape index (κ2) is 11.1. The van der Waals surface area contributed by atoms with Gasteiger partial charge < -0.3 is 14.9 Å². The van der Waals surface area contributed by atoms with Crippen molar-refractivity contribution in [2.24, 2.45) is 0 Å². The second-order valence-corrected chi connectivity index (χ2v) is 9.56. The largest absolute Gasteiger partial charge is 0.473 e. The van der Waals surface area contributed by atoms with E-state index in [-0.39, 0.29) is 4.93 Å². The molecular formula is C22H32N2O5S. The fourth-order valence-corrected chi connectivity index (χ4v) is 5.76. The Morgan fingerprint density at radius 1 is 0.967 bits per heavy atom. The summed E-state index contributed by atoms with van der Waals surface area (Å²) in [7, 11) is 0. The predicted molar refractivity (Wildman–Crippen MR) is 117 cm³/mol. The van der Waals surface area contributed by atoms with E-state index in [4.69, 9.17) is 24.5 Å². The van der Waals surface area contributed by atoms with Gasteiger partial charge in [0.2, 0.25) is 0 Å². The number of benzene rings is 1. The quantitative estimate of drug-likeness (QED) is 0.697. The molecule has 3 fully saturated rings. The number of aliphatic carboxylic acids is 2. The van der Waals surface area contributed by atoms with Crippen molar-refractivity contribution < 1.29 is 24.5 Å². The van der Waals surface area contributed by atoms with Crippen LogP contribution in [0.4, 0.5) is 0 Å². The van der Waals surface area contributed by atoms with Crippen molar-refractivity contribution in [3.05, 3.63) is 35.9 Å². The third-order valence-corrected chi connectivity index (χ3v) is 7.46. The number of carbonyl (C=O) groups is 2. The first-order valence-corrected chi connectivity index (χ1v) is 11.7. The average molecular weight is 437 g/mol. The predicted octanol–water partition coefficient (Wildman–Crippen LogP) is 2.75. The molecule has 0 bridgehead atoms. The van der Waals surface area contributed by atoms with Gasteiger partial charge in [-0.1, -0.05) is 36.8 Å². The van der Waals surface area contributed by atoms with Gasteiger partial charge in [-0.3, -0.25) is 9.80 Å². The van der Waals surface area contributed by atoms with Gasteiger partial charge in [0.25, 0.3) is 0 Å². The van der Waals surface area contributed by atoms with Gasteiger partial charge in [-0.25, -0.2) is 9.59 Å². The summed E-state index contributed by atoms with van der Waals surface area (Å²) in [4.78, 5) is 23.6. The second-order valence-electron chi connectivity index (χ2n) is 8.19. The van der Waals surface area contributed by atoms with Crippen LogP contribution in [0.15, 0.2) is 30.3 Å². The van der Waals surface area contributed by atoms with E-state index in [1.807, 2.05) is 0 Å². The number of ether oxygens (including phenoxy) is 1. The van der Waals surface area contributed by atoms with E-state index in [1.165, 1.54) is 69.6 Å². The Morgan fingerprint density at radius 2 is 1.57 bits per heavy atom. The van der Waals surface area contributed by atoms with Crippen molar-refractivity contribution >= 4 is 23.7 Å². The monoisotopic (exact) mass is 436 g/mol. The highest BCUT2D eigenvalue weighted by Gasteiger charge is 2.42. The van der Waals surface area contributed by atoms with E-state index >= 15 is 0 Å². The molecule has 30 heavy (non-hydrogen) atoms. The lowest BCUT2D eigenvalue weighted by Gasteiger charge is -2.37. The summed E-state index contributed by atoms with van der Waals surface area (Å²) in [5.74, 6) is -2.45. The number of carboxylic acid groups (broad SMARTS) is 2. The van der Waals surface area contributed by atoms with E-state index in [0.29, 0.717) is 6.10 Å². The minimum absolute atomic E-state index is 0.193. The molecular weight excluding hydrogens is 404 g/mol. The summed E-state index contributed by atoms with van der Waals surface area (Å²) < 4.78 is 6.52. The number of carboxylic acids is 2. The van der Waals surface area contributed by atoms with Gasteiger partial charge in [0.15, 0.2) is 0 Å². The lowest BCUT2D eigenvalue weighted by molar-refractivity contribution is -0.159. The third-order valence-electron chi connectivity index (χ3n) is 5.89. The standard InChI is InChI=1S/C20H30N2OS.C2H2O4/c1-3-7-18(8-4-1)15-21-11-13-22(14-12-21)16-19-17-24-20(23-19)9-5-2-6-10-20;3-1(4)2(5)6/h1,3-4,7-8,19H,2,5-6,9-17H2;(H,3,4)(H,5,6). The molecule has 1 aromatic rings. The Hall–Kier alpha value is -1.61. The molecule has 1 spiro atoms. The Morgan fingerprint density at radius 3 is 2.17 bits per heavy atom. The van der Waals surface area contributed by atoms with E-state index in [2.05, 4.69) is 51.9 Å². The van der Waals surface area contributed by atoms with Crippen molar-refractivity contribution in [2.45, 2.75) is 49.7 Å². The minimum atomic E-state index is -1.82. The van der Waals surface area contributed by atoms with Crippen LogP contribution in [0.2, 0.25) is 0 Å². The Balaban J connectivity index is 0.000000377. The maximum atomic E-state index is 9.10. The van der Waals surface area contributed by atoms with Gasteiger partial charge in [-0.2, -0.15) is 0 Å². The molecule has 0 radical (unpaired) electrons. The van der Waals surface area contributed by atoms with Crippen molar-refractivity contribution in [1.82, 2.24) is 9.80 Å². The Bertz CT molecular complexity index is 676. The smallest absolute Gasteiger partial charge is 0.414 e. The van der Waals surface area contributed by atoms with E-state index < -0.39 is 11.9 Å². The molecule has 1 aromatic carbocycles. The normalized spacial score (nSPS) is 24.2. The van der Waals surface area contributed by atoms with E-state index in [0.717, 1.165) is 13.1 Å². The molecule has 3 aliphatic rings. The zero-order valence-electron chi connectivity index (χ0n) is 17.4. The summed E-state index contributed by atoms with van der Waals surface area (Å²) >= 11 is 2.11. The molecule has 1 saturated carbocycles. The number of piperazine rings is 1. The summed E-state index contributed by atoms with van der Waals surface area (Å²) in [5.41, 5.74) is 1.43. The van der Waals surface area contributed by atoms with Crippen LogP contribution in [0.25, 0.3) is 0 Å². The van der Waals surface area contributed by atoms with Crippen LogP contribution in [-0.4, -0.2) is 81.5 Å². The van der Waals surface area contributed by atoms with Crippen LogP contribution >= 0.6 is 11.8 Å². The zero-order chi connectivity index (χ0) is 21.4. The van der Waals surface area contributed by atoms with Crippen LogP contribution < -0.4 is 0 Å². The van der Waals surface area contributed by atoms with Gasteiger partial charge in [0.05, 0.1) is 6.10 Å². The molecule has 1 unspecified atom stereocenters. The maximum Gasteiger partial charge on any atom is 0.414 e. The summed E-state index contributed by atoms with van der Waals surface area (Å²) in [6, 6.07) is 10.9. The van der Waals surface area contributed by atoms with Crippen LogP contribution in [0.5, 0.6) is 0 Å². The highest BCUT2D eigenvalue weighted by molar-refractivity contribution is 8.00. The topological polar surface area (TPSA) is 90.3 Å². The van der Waals surface area contributed by atoms with Gasteiger partial charge in [-0.15, -0.1) is 11.8 Å². The first-order valence-electron chi connectivity index (χ1n) is 10.7. The van der Waals surface area contributed by atoms with Gasteiger partial charge >= 0.3 is 11.9 Å². The number of hydrogen-bond donors (Lipinski definition) is 2. The van der Waals surface area contributed by atoms with Crippen LogP contribution in [-0.2, 0) is 20.9 Å². The lowest BCUT2D eigenvalue weighted by atomic mass is 9.97. The zero-order valence-corrected chi connectivity index (χ0v) is 18.2. The number of hydrogen-bond acceptors (Lipinski definition) is 6. The van der Waals surface area contributed by atoms with Crippen LogP contribution in [0.1, 0.15) is 37.7 Å². The fraction of sp³-hybridized carbons (Fsp3) is 0.636. The first kappa shape index (κ1) is 23.1. The van der Waals surface area contributed by atoms with Crippen LogP contribution in [0, 0.1) is 0 Å². The summed E-state index contributed by atoms with van der Waals surface area (Å²) in [5, 5.41) is 14.8. The van der Waals surface area contributed by atoms with E-state index in [1.54, 1.807) is 0 Å². The van der Waals surface area contributed by atoms with Gasteiger partial charge in [0, 0.05) is 45.0 Å². The molecule has 2 N–H and O–H groups in total. The lowest BCUT2D eigenvalue weighted by Crippen LogP contribution is -2.48. The molecule has 2 heterocycles. The summed E-state index contributed by atoms with van der Waals surface area (Å²) in [6.45, 7) is 6.95. The molecule has 8 heteroatoms. The third kappa shape index (κ3) is 6.97. The Kier molecular flexibility index (Phi) is 8.56. The molecule has 0 aromatic heterocycles. The van der Waals surface area contributed by atoms with Crippen molar-refractivity contribution in [3.63, 3.8) is 0 Å².